The van der Waals surface area contributed by atoms with Gasteiger partial charge in [0.1, 0.15) is 0 Å². The van der Waals surface area contributed by atoms with E-state index in [1.54, 1.807) is 0 Å². The Morgan fingerprint density at radius 2 is 0.888 bits per heavy atom. The van der Waals surface area contributed by atoms with Crippen molar-refractivity contribution >= 4 is 66.5 Å². The Labute approximate surface area is 521 Å². The van der Waals surface area contributed by atoms with E-state index in [9.17, 15) is 0 Å². The van der Waals surface area contributed by atoms with Crippen LogP contribution in [0.15, 0.2) is 280 Å². The summed E-state index contributed by atoms with van der Waals surface area (Å²) in [6.45, 7) is 15.5. The fourth-order valence-corrected chi connectivity index (χ4v) is 14.7. The van der Waals surface area contributed by atoms with Gasteiger partial charge in [-0.05, 0) is 245 Å². The molecule has 0 radical (unpaired) electrons. The Hall–Kier alpha value is -10.8. The van der Waals surface area contributed by atoms with Crippen molar-refractivity contribution in [2.75, 3.05) is 0 Å². The molecule has 2 nitrogen and oxygen atoms in total. The molecule has 2 aromatic heterocycles. The molecule has 0 saturated heterocycles. The van der Waals surface area contributed by atoms with E-state index in [-0.39, 0.29) is 5.41 Å². The van der Waals surface area contributed by atoms with Gasteiger partial charge in [-0.2, -0.15) is 0 Å². The first-order chi connectivity index (χ1) is 43.6. The van der Waals surface area contributed by atoms with Crippen LogP contribution in [0.2, 0.25) is 0 Å². The van der Waals surface area contributed by atoms with Gasteiger partial charge in [-0.3, -0.25) is 0 Å². The highest BCUT2D eigenvalue weighted by Crippen LogP contribution is 2.52. The predicted octanol–water partition coefficient (Wildman–Crippen LogP) is 23.9. The molecule has 0 bridgehead atoms. The van der Waals surface area contributed by atoms with Crippen molar-refractivity contribution in [2.24, 2.45) is 0 Å². The molecule has 0 N–H and O–H groups in total. The number of aromatic nitrogens is 2. The second-order valence-electron chi connectivity index (χ2n) is 24.8. The molecule has 0 fully saturated rings. The van der Waals surface area contributed by atoms with Gasteiger partial charge in [0.25, 0.3) is 0 Å². The number of nitrogens with zero attached hydrogens (tertiary/aromatic N) is 2. The maximum Gasteiger partial charge on any atom is 0.0544 e. The Kier molecular flexibility index (Phi) is 12.8. The molecule has 15 aromatic rings. The van der Waals surface area contributed by atoms with Crippen molar-refractivity contribution in [3.05, 3.63) is 313 Å². The molecule has 2 heteroatoms. The molecule has 0 unspecified atom stereocenters. The van der Waals surface area contributed by atoms with E-state index < -0.39 is 0 Å². The molecule has 424 valence electrons. The smallest absolute Gasteiger partial charge is 0.0544 e. The van der Waals surface area contributed by atoms with Crippen LogP contribution < -0.4 is 0 Å². The normalized spacial score (nSPS) is 12.7. The van der Waals surface area contributed by atoms with Gasteiger partial charge in [-0.15, -0.1) is 0 Å². The maximum atomic E-state index is 4.20. The largest absolute Gasteiger partial charge is 0.309 e. The number of fused-ring (bicyclic) bond motifs is 10. The molecule has 0 amide bonds. The molecule has 1 aliphatic rings. The van der Waals surface area contributed by atoms with Crippen molar-refractivity contribution < 1.29 is 0 Å². The van der Waals surface area contributed by atoms with Gasteiger partial charge in [-0.25, -0.2) is 0 Å². The Morgan fingerprint density at radius 3 is 1.61 bits per heavy atom. The lowest BCUT2D eigenvalue weighted by Crippen LogP contribution is -2.14. The lowest BCUT2D eigenvalue weighted by Gasteiger charge is -2.21. The zero-order valence-electron chi connectivity index (χ0n) is 50.9. The van der Waals surface area contributed by atoms with Gasteiger partial charge in [0, 0.05) is 38.3 Å². The topological polar surface area (TPSA) is 9.86 Å². The number of aryl methyl sites for hydroxylation is 2. The molecule has 0 spiro atoms. The van der Waals surface area contributed by atoms with Crippen LogP contribution in [0, 0.1) is 6.92 Å². The van der Waals surface area contributed by atoms with E-state index in [1.165, 1.54) is 143 Å². The van der Waals surface area contributed by atoms with Crippen LogP contribution in [-0.4, -0.2) is 9.13 Å². The summed E-state index contributed by atoms with van der Waals surface area (Å²) in [5, 5.41) is 7.48. The van der Waals surface area contributed by atoms with E-state index in [4.69, 9.17) is 0 Å². The first kappa shape index (κ1) is 53.7. The highest BCUT2D eigenvalue weighted by atomic mass is 15.0. The molecule has 1 aliphatic carbocycles. The third kappa shape index (κ3) is 8.92. The highest BCUT2D eigenvalue weighted by Gasteiger charge is 2.36. The number of para-hydroxylation sites is 1. The molecular formula is C87H66N2. The van der Waals surface area contributed by atoms with Crippen LogP contribution in [0.4, 0.5) is 0 Å². The highest BCUT2D eigenvalue weighted by molar-refractivity contribution is 6.14. The van der Waals surface area contributed by atoms with Gasteiger partial charge in [0.2, 0.25) is 0 Å². The van der Waals surface area contributed by atoms with Crippen LogP contribution in [-0.2, 0) is 11.8 Å². The predicted molar refractivity (Wildman–Crippen MR) is 382 cm³/mol. The van der Waals surface area contributed by atoms with E-state index in [0.717, 1.165) is 40.0 Å². The van der Waals surface area contributed by atoms with Crippen molar-refractivity contribution in [3.63, 3.8) is 0 Å². The maximum absolute atomic E-state index is 4.20. The van der Waals surface area contributed by atoms with Crippen LogP contribution >= 0.6 is 0 Å². The molecule has 0 saturated carbocycles. The SMILES string of the molecule is C=Cc1cc(-c2cc(-c3cccc(-c4ccc5c(c4)c4cc6c(cc4n5-c4ccc(-c5ccc(-n7c8ccccc8c8cc(-c9ccccc9CC)c(C)cc87)cc5)cc4)C(C)(C)c4ccccc4-6)c3)cc(-c3ccc4ccccc4c3)c2)ccc1/C=C\C. The first-order valence-corrected chi connectivity index (χ1v) is 31.3. The van der Waals surface area contributed by atoms with Gasteiger partial charge in [0.15, 0.2) is 0 Å². The van der Waals surface area contributed by atoms with Gasteiger partial charge < -0.3 is 9.13 Å². The second-order valence-corrected chi connectivity index (χ2v) is 24.8. The summed E-state index contributed by atoms with van der Waals surface area (Å²) < 4.78 is 4.94. The van der Waals surface area contributed by atoms with Crippen LogP contribution in [0.3, 0.4) is 0 Å². The Morgan fingerprint density at radius 1 is 0.360 bits per heavy atom. The van der Waals surface area contributed by atoms with E-state index in [1.807, 2.05) is 6.08 Å². The molecule has 89 heavy (non-hydrogen) atoms. The Bertz CT molecular complexity index is 5400. The lowest BCUT2D eigenvalue weighted by atomic mass is 9.82. The summed E-state index contributed by atoms with van der Waals surface area (Å²) in [5.41, 5.74) is 31.6. The molecule has 2 heterocycles. The van der Waals surface area contributed by atoms with Crippen LogP contribution in [0.5, 0.6) is 0 Å². The van der Waals surface area contributed by atoms with Gasteiger partial charge in [-0.1, -0.05) is 209 Å². The number of benzene rings is 13. The second kappa shape index (κ2) is 21.3. The van der Waals surface area contributed by atoms with Crippen molar-refractivity contribution in [2.45, 2.75) is 46.5 Å². The average Bonchev–Trinajstić information content (AvgIpc) is 1.64. The van der Waals surface area contributed by atoms with E-state index >= 15 is 0 Å². The van der Waals surface area contributed by atoms with Gasteiger partial charge in [0.05, 0.1) is 22.1 Å². The fraction of sp³-hybridized carbons (Fsp3) is 0.0805. The number of allylic oxidation sites excluding steroid dienone is 1. The summed E-state index contributed by atoms with van der Waals surface area (Å²) in [6.07, 6.45) is 7.20. The monoisotopic (exact) mass is 1140 g/mol. The van der Waals surface area contributed by atoms with Crippen molar-refractivity contribution in [1.82, 2.24) is 9.13 Å². The van der Waals surface area contributed by atoms with Gasteiger partial charge >= 0.3 is 0 Å². The van der Waals surface area contributed by atoms with Crippen molar-refractivity contribution in [3.8, 4) is 89.3 Å². The third-order valence-electron chi connectivity index (χ3n) is 19.3. The molecular weight excluding hydrogens is 1070 g/mol. The summed E-state index contributed by atoms with van der Waals surface area (Å²) >= 11 is 0. The standard InChI is InChI=1S/C87H66N2/c1-7-19-58-30-32-65(45-57(58)9-3)69-48-68(49-70(50-69)66-33-31-59-21-10-11-22-62(59)46-66)64-24-18-23-63(47-64)67-38-43-84-78(51-67)80-53-77-74-26-14-16-28-81(74)87(5,6)82(77)54-86(80)89(84)72-41-36-61(37-42-72)60-34-39-71(40-35-60)88-83-29-17-15-27-75(83)79-52-76(55(4)44-85(79)88)73-25-13-12-20-56(73)8-2/h7,9-54H,3,8H2,1-2,4-6H3/b19-7-. The zero-order valence-corrected chi connectivity index (χ0v) is 50.9. The number of hydrogen-bond donors (Lipinski definition) is 0. The molecule has 13 aromatic carbocycles. The summed E-state index contributed by atoms with van der Waals surface area (Å²) in [6, 6.07) is 100. The van der Waals surface area contributed by atoms with Crippen LogP contribution in [0.25, 0.3) is 156 Å². The molecule has 0 atom stereocenters. The molecule has 16 rings (SSSR count). The molecule has 0 aliphatic heterocycles. The summed E-state index contributed by atoms with van der Waals surface area (Å²) in [4.78, 5) is 0. The van der Waals surface area contributed by atoms with Crippen molar-refractivity contribution in [1.29, 1.82) is 0 Å². The zero-order chi connectivity index (χ0) is 60.1. The third-order valence-corrected chi connectivity index (χ3v) is 19.3. The van der Waals surface area contributed by atoms with E-state index in [2.05, 4.69) is 329 Å². The summed E-state index contributed by atoms with van der Waals surface area (Å²) in [5.74, 6) is 0. The van der Waals surface area contributed by atoms with E-state index in [0.29, 0.717) is 0 Å². The lowest BCUT2D eigenvalue weighted by molar-refractivity contribution is 0.661. The fourth-order valence-electron chi connectivity index (χ4n) is 14.7. The number of hydrogen-bond acceptors (Lipinski definition) is 0. The summed E-state index contributed by atoms with van der Waals surface area (Å²) in [7, 11) is 0. The quantitative estimate of drug-likeness (QED) is 0.122. The minimum absolute atomic E-state index is 0.153. The Balaban J connectivity index is 0.786. The minimum atomic E-state index is -0.153. The average molecular weight is 1140 g/mol. The minimum Gasteiger partial charge on any atom is -0.309 e. The first-order valence-electron chi connectivity index (χ1n) is 31.3. The number of rotatable bonds is 11. The van der Waals surface area contributed by atoms with Crippen LogP contribution in [0.1, 0.15) is 61.1 Å².